The van der Waals surface area contributed by atoms with Crippen LogP contribution in [0.4, 0.5) is 13.2 Å². The molecule has 0 aromatic carbocycles. The molecule has 3 atom stereocenters. The van der Waals surface area contributed by atoms with Crippen molar-refractivity contribution in [1.29, 1.82) is 0 Å². The summed E-state index contributed by atoms with van der Waals surface area (Å²) in [5, 5.41) is 10.1. The number of nitrogens with zero attached hydrogens (tertiary/aromatic N) is 1. The summed E-state index contributed by atoms with van der Waals surface area (Å²) in [6.07, 6.45) is -3.77. The van der Waals surface area contributed by atoms with Crippen LogP contribution >= 0.6 is 0 Å². The van der Waals surface area contributed by atoms with E-state index in [9.17, 15) is 23.1 Å². The highest BCUT2D eigenvalue weighted by Crippen LogP contribution is 2.31. The van der Waals surface area contributed by atoms with Crippen LogP contribution in [-0.4, -0.2) is 59.3 Å². The van der Waals surface area contributed by atoms with Crippen molar-refractivity contribution >= 4 is 5.91 Å². The Kier molecular flexibility index (Phi) is 4.32. The quantitative estimate of drug-likeness (QED) is 0.684. The second-order valence-electron chi connectivity index (χ2n) is 5.56. The maximum atomic E-state index is 12.7. The number of aliphatic hydroxyl groups is 1. The van der Waals surface area contributed by atoms with Crippen LogP contribution in [0.1, 0.15) is 20.3 Å². The van der Waals surface area contributed by atoms with E-state index in [1.807, 2.05) is 0 Å². The summed E-state index contributed by atoms with van der Waals surface area (Å²) in [5.41, 5.74) is 0. The van der Waals surface area contributed by atoms with Gasteiger partial charge in [0, 0.05) is 6.54 Å². The molecule has 2 aliphatic rings. The van der Waals surface area contributed by atoms with Gasteiger partial charge in [-0.25, -0.2) is 0 Å². The number of ether oxygens (including phenoxy) is 2. The lowest BCUT2D eigenvalue weighted by atomic mass is 9.99. The van der Waals surface area contributed by atoms with Crippen LogP contribution in [0.5, 0.6) is 0 Å². The largest absolute Gasteiger partial charge is 0.471 e. The van der Waals surface area contributed by atoms with Gasteiger partial charge in [-0.3, -0.25) is 4.79 Å². The Morgan fingerprint density at radius 3 is 2.71 bits per heavy atom. The molecule has 1 fully saturated rings. The van der Waals surface area contributed by atoms with Crippen molar-refractivity contribution in [2.75, 3.05) is 13.2 Å². The van der Waals surface area contributed by atoms with Crippen molar-refractivity contribution in [1.82, 2.24) is 4.90 Å². The molecule has 5 nitrogen and oxygen atoms in total. The number of halogens is 3. The maximum Gasteiger partial charge on any atom is 0.471 e. The average molecular weight is 309 g/mol. The Labute approximate surface area is 120 Å². The van der Waals surface area contributed by atoms with Gasteiger partial charge in [-0.2, -0.15) is 13.2 Å². The summed E-state index contributed by atoms with van der Waals surface area (Å²) in [7, 11) is 0. The number of amides is 1. The summed E-state index contributed by atoms with van der Waals surface area (Å²) < 4.78 is 49.1. The fourth-order valence-electron chi connectivity index (χ4n) is 2.53. The van der Waals surface area contributed by atoms with E-state index in [1.165, 1.54) is 6.08 Å². The SMILES string of the molecule is CC1(C)OC[C@@H]2[C@@H](O1)[C@H](O)/C=C/CCN2C(=O)C(F)(F)F. The summed E-state index contributed by atoms with van der Waals surface area (Å²) in [6.45, 7) is 2.99. The molecule has 0 bridgehead atoms. The van der Waals surface area contributed by atoms with Crippen molar-refractivity contribution in [3.05, 3.63) is 12.2 Å². The number of hydrogen-bond donors (Lipinski definition) is 1. The highest BCUT2D eigenvalue weighted by atomic mass is 19.4. The molecule has 0 aromatic heterocycles. The summed E-state index contributed by atoms with van der Waals surface area (Å²) in [5.74, 6) is -2.96. The predicted octanol–water partition coefficient (Wildman–Crippen LogP) is 1.22. The smallest absolute Gasteiger partial charge is 0.386 e. The van der Waals surface area contributed by atoms with Crippen molar-refractivity contribution < 1.29 is 32.5 Å². The molecular formula is C13H18F3NO4. The molecule has 0 aliphatic carbocycles. The van der Waals surface area contributed by atoms with Crippen LogP contribution in [0.15, 0.2) is 12.2 Å². The van der Waals surface area contributed by atoms with Gasteiger partial charge in [0.05, 0.1) is 12.6 Å². The first kappa shape index (κ1) is 16.3. The number of hydrogen-bond acceptors (Lipinski definition) is 4. The molecule has 0 saturated carbocycles. The third-order valence-corrected chi connectivity index (χ3v) is 3.51. The molecule has 1 saturated heterocycles. The molecule has 1 N–H and O–H groups in total. The minimum Gasteiger partial charge on any atom is -0.386 e. The minimum absolute atomic E-state index is 0.101. The first-order valence-electron chi connectivity index (χ1n) is 6.66. The molecule has 0 unspecified atom stereocenters. The maximum absolute atomic E-state index is 12.7. The van der Waals surface area contributed by atoms with Crippen molar-refractivity contribution in [2.24, 2.45) is 0 Å². The molecule has 21 heavy (non-hydrogen) atoms. The fraction of sp³-hybridized carbons (Fsp3) is 0.769. The second kappa shape index (κ2) is 5.58. The molecule has 1 amide bonds. The zero-order valence-electron chi connectivity index (χ0n) is 11.8. The van der Waals surface area contributed by atoms with Crippen molar-refractivity contribution in [3.63, 3.8) is 0 Å². The van der Waals surface area contributed by atoms with E-state index < -0.39 is 36.1 Å². The second-order valence-corrected chi connectivity index (χ2v) is 5.56. The number of rotatable bonds is 0. The van der Waals surface area contributed by atoms with E-state index in [0.29, 0.717) is 4.90 Å². The summed E-state index contributed by atoms with van der Waals surface area (Å²) in [6, 6.07) is -0.980. The topological polar surface area (TPSA) is 59.0 Å². The van der Waals surface area contributed by atoms with Gasteiger partial charge in [-0.15, -0.1) is 0 Å². The first-order valence-corrected chi connectivity index (χ1v) is 6.66. The van der Waals surface area contributed by atoms with Crippen molar-refractivity contribution in [3.8, 4) is 0 Å². The van der Waals surface area contributed by atoms with Crippen LogP contribution in [0, 0.1) is 0 Å². The van der Waals surface area contributed by atoms with Gasteiger partial charge in [0.15, 0.2) is 5.79 Å². The zero-order valence-corrected chi connectivity index (χ0v) is 11.8. The number of aliphatic hydroxyl groups excluding tert-OH is 1. The Morgan fingerprint density at radius 2 is 2.10 bits per heavy atom. The third-order valence-electron chi connectivity index (χ3n) is 3.51. The number of alkyl halides is 3. The average Bonchev–Trinajstić information content (AvgIpc) is 2.35. The fourth-order valence-corrected chi connectivity index (χ4v) is 2.53. The molecular weight excluding hydrogens is 291 g/mol. The number of carbonyl (C=O) groups is 1. The van der Waals surface area contributed by atoms with E-state index in [4.69, 9.17) is 9.47 Å². The lowest BCUT2D eigenvalue weighted by molar-refractivity contribution is -0.306. The Bertz CT molecular complexity index is 436. The van der Waals surface area contributed by atoms with Crippen LogP contribution in [0.25, 0.3) is 0 Å². The van der Waals surface area contributed by atoms with Gasteiger partial charge < -0.3 is 19.5 Å². The van der Waals surface area contributed by atoms with Gasteiger partial charge in [-0.1, -0.05) is 12.2 Å². The van der Waals surface area contributed by atoms with Crippen LogP contribution in [0.3, 0.4) is 0 Å². The van der Waals surface area contributed by atoms with E-state index in [-0.39, 0.29) is 19.6 Å². The minimum atomic E-state index is -4.97. The highest BCUT2D eigenvalue weighted by Gasteiger charge is 2.50. The lowest BCUT2D eigenvalue weighted by Gasteiger charge is -2.47. The third kappa shape index (κ3) is 3.56. The Hall–Kier alpha value is -1.12. The van der Waals surface area contributed by atoms with Gasteiger partial charge in [0.1, 0.15) is 12.2 Å². The van der Waals surface area contributed by atoms with Gasteiger partial charge in [0.2, 0.25) is 0 Å². The monoisotopic (exact) mass is 309 g/mol. The van der Waals surface area contributed by atoms with E-state index >= 15 is 0 Å². The lowest BCUT2D eigenvalue weighted by Crippen LogP contribution is -2.62. The van der Waals surface area contributed by atoms with Crippen LogP contribution in [-0.2, 0) is 14.3 Å². The molecule has 2 aliphatic heterocycles. The summed E-state index contributed by atoms with van der Waals surface area (Å²) in [4.78, 5) is 12.3. The Morgan fingerprint density at radius 1 is 1.43 bits per heavy atom. The van der Waals surface area contributed by atoms with E-state index in [1.54, 1.807) is 19.9 Å². The van der Waals surface area contributed by atoms with Crippen LogP contribution in [0.2, 0.25) is 0 Å². The van der Waals surface area contributed by atoms with Crippen molar-refractivity contribution in [2.45, 2.75) is 50.5 Å². The first-order chi connectivity index (χ1) is 9.62. The van der Waals surface area contributed by atoms with Crippen LogP contribution < -0.4 is 0 Å². The highest BCUT2D eigenvalue weighted by molar-refractivity contribution is 5.82. The molecule has 2 heterocycles. The number of fused-ring (bicyclic) bond motifs is 1. The van der Waals surface area contributed by atoms with E-state index in [0.717, 1.165) is 0 Å². The number of carbonyl (C=O) groups excluding carboxylic acids is 1. The van der Waals surface area contributed by atoms with Gasteiger partial charge in [0.25, 0.3) is 0 Å². The molecule has 0 spiro atoms. The normalized spacial score (nSPS) is 34.6. The Balaban J connectivity index is 2.30. The van der Waals surface area contributed by atoms with Gasteiger partial charge >= 0.3 is 12.1 Å². The zero-order chi connectivity index (χ0) is 15.8. The molecule has 0 aromatic rings. The molecule has 8 heteroatoms. The molecule has 120 valence electrons. The predicted molar refractivity (Wildman–Crippen MR) is 66.2 cm³/mol. The standard InChI is InChI=1S/C13H18F3NO4/c1-12(2)20-7-8-10(21-12)9(18)5-3-4-6-17(8)11(19)13(14,15)16/h3,5,8-10,18H,4,6-7H2,1-2H3/b5-3+/t8-,9-,10-/m1/s1. The van der Waals surface area contributed by atoms with E-state index in [2.05, 4.69) is 0 Å². The van der Waals surface area contributed by atoms with Gasteiger partial charge in [-0.05, 0) is 20.3 Å². The molecule has 0 radical (unpaired) electrons. The molecule has 2 rings (SSSR count). The summed E-state index contributed by atoms with van der Waals surface area (Å²) >= 11 is 0.